The summed E-state index contributed by atoms with van der Waals surface area (Å²) < 4.78 is 48.1. The van der Waals surface area contributed by atoms with Crippen LogP contribution in [0, 0.1) is 0 Å². The topological polar surface area (TPSA) is 73.6 Å². The summed E-state index contributed by atoms with van der Waals surface area (Å²) in [5.41, 5.74) is 3.28. The van der Waals surface area contributed by atoms with Crippen molar-refractivity contribution in [3.05, 3.63) is 90.8 Å². The van der Waals surface area contributed by atoms with E-state index in [9.17, 15) is 13.2 Å². The highest BCUT2D eigenvalue weighted by atomic mass is 19.4. The van der Waals surface area contributed by atoms with Crippen LogP contribution in [0.15, 0.2) is 90.2 Å². The molecule has 178 valence electrons. The smallest absolute Gasteiger partial charge is 0.465 e. The van der Waals surface area contributed by atoms with Crippen molar-refractivity contribution >= 4 is 11.7 Å². The molecule has 0 saturated heterocycles. The maximum Gasteiger partial charge on any atom is 0.573 e. The van der Waals surface area contributed by atoms with E-state index in [-0.39, 0.29) is 11.8 Å². The summed E-state index contributed by atoms with van der Waals surface area (Å²) in [6.45, 7) is 0.578. The SMILES string of the molecule is FC(F)(F)Oc1ccc(-n2cnc(-c3ccc(NC4=N[C@H](c5ccccc5)CCO4)cc3)n2)cc1. The van der Waals surface area contributed by atoms with Crippen molar-refractivity contribution in [3.63, 3.8) is 0 Å². The molecule has 1 aliphatic rings. The lowest BCUT2D eigenvalue weighted by Crippen LogP contribution is -2.23. The van der Waals surface area contributed by atoms with Crippen molar-refractivity contribution in [2.45, 2.75) is 18.8 Å². The lowest BCUT2D eigenvalue weighted by atomic mass is 10.0. The van der Waals surface area contributed by atoms with E-state index in [0.717, 1.165) is 23.2 Å². The minimum atomic E-state index is -4.73. The van der Waals surface area contributed by atoms with Crippen LogP contribution in [-0.2, 0) is 4.74 Å². The summed E-state index contributed by atoms with van der Waals surface area (Å²) >= 11 is 0. The normalized spacial score (nSPS) is 15.7. The number of rotatable bonds is 5. The van der Waals surface area contributed by atoms with E-state index in [1.165, 1.54) is 35.3 Å². The number of aromatic nitrogens is 3. The lowest BCUT2D eigenvalue weighted by Gasteiger charge is -2.22. The quantitative estimate of drug-likeness (QED) is 0.394. The summed E-state index contributed by atoms with van der Waals surface area (Å²) in [6.07, 6.45) is -2.42. The molecule has 2 heterocycles. The number of alkyl halides is 3. The number of anilines is 1. The number of nitrogens with zero attached hydrogens (tertiary/aromatic N) is 4. The van der Waals surface area contributed by atoms with Crippen molar-refractivity contribution in [1.82, 2.24) is 14.8 Å². The van der Waals surface area contributed by atoms with Gasteiger partial charge in [-0.3, -0.25) is 0 Å². The Bertz CT molecular complexity index is 1300. The van der Waals surface area contributed by atoms with Gasteiger partial charge < -0.3 is 14.8 Å². The third-order valence-electron chi connectivity index (χ3n) is 5.31. The number of halogens is 3. The van der Waals surface area contributed by atoms with Gasteiger partial charge in [0.15, 0.2) is 5.82 Å². The molecular formula is C25H20F3N5O2. The highest BCUT2D eigenvalue weighted by molar-refractivity contribution is 5.89. The average molecular weight is 479 g/mol. The number of hydrogen-bond acceptors (Lipinski definition) is 6. The average Bonchev–Trinajstić information content (AvgIpc) is 3.35. The van der Waals surface area contributed by atoms with Crippen LogP contribution in [-0.4, -0.2) is 33.8 Å². The van der Waals surface area contributed by atoms with Crippen molar-refractivity contribution in [2.75, 3.05) is 11.9 Å². The van der Waals surface area contributed by atoms with Crippen molar-refractivity contribution in [2.24, 2.45) is 4.99 Å². The standard InChI is InChI=1S/C25H20F3N5O2/c26-25(27,28)35-21-12-10-20(11-13-21)33-16-29-23(32-33)18-6-8-19(9-7-18)30-24-31-22(14-15-34-24)17-4-2-1-3-5-17/h1-13,16,22H,14-15H2,(H,30,31)/t22-/m0/s1. The van der Waals surface area contributed by atoms with Gasteiger partial charge >= 0.3 is 6.36 Å². The minimum absolute atomic E-state index is 0.0500. The molecule has 0 spiro atoms. The molecule has 0 aliphatic carbocycles. The fourth-order valence-corrected chi connectivity index (χ4v) is 3.64. The Kier molecular flexibility index (Phi) is 6.09. The van der Waals surface area contributed by atoms with Crippen LogP contribution in [0.2, 0.25) is 0 Å². The van der Waals surface area contributed by atoms with Crippen LogP contribution in [0.3, 0.4) is 0 Å². The molecule has 10 heteroatoms. The summed E-state index contributed by atoms with van der Waals surface area (Å²) in [7, 11) is 0. The first-order valence-electron chi connectivity index (χ1n) is 10.8. The minimum Gasteiger partial charge on any atom is -0.465 e. The number of ether oxygens (including phenoxy) is 2. The Morgan fingerprint density at radius 1 is 0.943 bits per heavy atom. The monoisotopic (exact) mass is 479 g/mol. The maximum atomic E-state index is 12.3. The third kappa shape index (κ3) is 5.60. The van der Waals surface area contributed by atoms with Gasteiger partial charge in [0, 0.05) is 17.7 Å². The van der Waals surface area contributed by atoms with Crippen LogP contribution in [0.1, 0.15) is 18.0 Å². The molecule has 1 N–H and O–H groups in total. The van der Waals surface area contributed by atoms with Crippen molar-refractivity contribution < 1.29 is 22.6 Å². The Morgan fingerprint density at radius 3 is 2.40 bits per heavy atom. The van der Waals surface area contributed by atoms with E-state index in [1.54, 1.807) is 0 Å². The number of nitrogens with one attached hydrogen (secondary N) is 1. The zero-order valence-corrected chi connectivity index (χ0v) is 18.3. The Morgan fingerprint density at radius 2 is 1.69 bits per heavy atom. The largest absolute Gasteiger partial charge is 0.573 e. The molecule has 0 radical (unpaired) electrons. The summed E-state index contributed by atoms with van der Waals surface area (Å²) in [4.78, 5) is 8.98. The van der Waals surface area contributed by atoms with Crippen LogP contribution < -0.4 is 10.1 Å². The number of amidine groups is 1. The molecule has 1 atom stereocenters. The van der Waals surface area contributed by atoms with E-state index in [1.807, 2.05) is 42.5 Å². The predicted octanol–water partition coefficient (Wildman–Crippen LogP) is 5.76. The Labute approximate surface area is 198 Å². The molecular weight excluding hydrogens is 459 g/mol. The zero-order chi connectivity index (χ0) is 24.3. The molecule has 1 aliphatic heterocycles. The number of hydrogen-bond donors (Lipinski definition) is 1. The summed E-state index contributed by atoms with van der Waals surface area (Å²) in [5, 5.41) is 7.62. The number of benzene rings is 3. The van der Waals surface area contributed by atoms with Gasteiger partial charge in [-0.05, 0) is 54.1 Å². The van der Waals surface area contributed by atoms with Crippen molar-refractivity contribution in [3.8, 4) is 22.8 Å². The molecule has 0 amide bonds. The van der Waals surface area contributed by atoms with Crippen LogP contribution >= 0.6 is 0 Å². The first kappa shape index (κ1) is 22.5. The predicted molar refractivity (Wildman–Crippen MR) is 124 cm³/mol. The molecule has 0 bridgehead atoms. The molecule has 0 unspecified atom stereocenters. The van der Waals surface area contributed by atoms with Gasteiger partial charge in [0.05, 0.1) is 18.3 Å². The summed E-state index contributed by atoms with van der Waals surface area (Å²) in [5.74, 6) is 0.175. The summed E-state index contributed by atoms with van der Waals surface area (Å²) in [6, 6.07) is 23.5. The third-order valence-corrected chi connectivity index (χ3v) is 5.31. The Hall–Kier alpha value is -4.34. The van der Waals surface area contributed by atoms with E-state index < -0.39 is 6.36 Å². The van der Waals surface area contributed by atoms with Gasteiger partial charge in [-0.25, -0.2) is 14.7 Å². The van der Waals surface area contributed by atoms with E-state index >= 15 is 0 Å². The molecule has 7 nitrogen and oxygen atoms in total. The maximum absolute atomic E-state index is 12.3. The molecule has 3 aromatic carbocycles. The van der Waals surface area contributed by atoms with Gasteiger partial charge in [-0.1, -0.05) is 30.3 Å². The highest BCUT2D eigenvalue weighted by Crippen LogP contribution is 2.26. The van der Waals surface area contributed by atoms with E-state index in [0.29, 0.717) is 24.1 Å². The van der Waals surface area contributed by atoms with Crippen LogP contribution in [0.5, 0.6) is 5.75 Å². The molecule has 0 saturated carbocycles. The molecule has 1 aromatic heterocycles. The van der Waals surface area contributed by atoms with Crippen LogP contribution in [0.4, 0.5) is 18.9 Å². The fourth-order valence-electron chi connectivity index (χ4n) is 3.64. The first-order valence-corrected chi connectivity index (χ1v) is 10.8. The second kappa shape index (κ2) is 9.49. The van der Waals surface area contributed by atoms with Crippen molar-refractivity contribution in [1.29, 1.82) is 0 Å². The zero-order valence-electron chi connectivity index (χ0n) is 18.3. The van der Waals surface area contributed by atoms with E-state index in [2.05, 4.69) is 37.3 Å². The Balaban J connectivity index is 1.25. The molecule has 4 aromatic rings. The number of aliphatic imine (C=N–C) groups is 1. The van der Waals surface area contributed by atoms with Crippen LogP contribution in [0.25, 0.3) is 17.1 Å². The van der Waals surface area contributed by atoms with Gasteiger partial charge in [0.25, 0.3) is 6.02 Å². The van der Waals surface area contributed by atoms with Gasteiger partial charge in [0.2, 0.25) is 0 Å². The highest BCUT2D eigenvalue weighted by Gasteiger charge is 2.31. The second-order valence-electron chi connectivity index (χ2n) is 7.75. The van der Waals surface area contributed by atoms with Gasteiger partial charge in [0.1, 0.15) is 12.1 Å². The molecule has 35 heavy (non-hydrogen) atoms. The molecule has 5 rings (SSSR count). The fraction of sp³-hybridized carbons (Fsp3) is 0.160. The lowest BCUT2D eigenvalue weighted by molar-refractivity contribution is -0.274. The first-order chi connectivity index (χ1) is 16.9. The molecule has 0 fully saturated rings. The van der Waals surface area contributed by atoms with Gasteiger partial charge in [-0.2, -0.15) is 0 Å². The van der Waals surface area contributed by atoms with Gasteiger partial charge in [-0.15, -0.1) is 18.3 Å². The second-order valence-corrected chi connectivity index (χ2v) is 7.75. The van der Waals surface area contributed by atoms with E-state index in [4.69, 9.17) is 4.74 Å².